The van der Waals surface area contributed by atoms with Gasteiger partial charge in [-0.1, -0.05) is 18.5 Å². The van der Waals surface area contributed by atoms with Crippen molar-refractivity contribution in [3.63, 3.8) is 0 Å². The fourth-order valence-electron chi connectivity index (χ4n) is 6.13. The van der Waals surface area contributed by atoms with Crippen LogP contribution in [0.1, 0.15) is 41.5 Å². The van der Waals surface area contributed by atoms with E-state index in [2.05, 4.69) is 20.4 Å². The summed E-state index contributed by atoms with van der Waals surface area (Å²) in [4.78, 5) is 54.1. The summed E-state index contributed by atoms with van der Waals surface area (Å²) in [7, 11) is 0. The number of halogens is 5. The van der Waals surface area contributed by atoms with E-state index < -0.39 is 41.8 Å². The minimum absolute atomic E-state index is 0.0229. The molecule has 2 saturated heterocycles. The molecule has 0 bridgehead atoms. The van der Waals surface area contributed by atoms with E-state index in [4.69, 9.17) is 11.6 Å². The summed E-state index contributed by atoms with van der Waals surface area (Å²) >= 11 is 6.09. The number of carbonyl (C=O) groups excluding carboxylic acids is 2. The first kappa shape index (κ1) is 34.0. The van der Waals surface area contributed by atoms with Gasteiger partial charge in [-0.15, -0.1) is 5.10 Å². The number of aromatic hydroxyl groups is 1. The molecule has 2 aliphatic rings. The Hall–Kier alpha value is -4.93. The molecule has 4 aromatic rings. The van der Waals surface area contributed by atoms with E-state index in [0.717, 1.165) is 16.6 Å². The number of piperazine rings is 1. The monoisotopic (exact) mass is 705 g/mol. The molecule has 260 valence electrons. The normalized spacial score (nSPS) is 17.1. The average Bonchev–Trinajstić information content (AvgIpc) is 3.53. The summed E-state index contributed by atoms with van der Waals surface area (Å²) in [5, 5.41) is 16.8. The van der Waals surface area contributed by atoms with Crippen LogP contribution in [0.15, 0.2) is 41.3 Å². The van der Waals surface area contributed by atoms with Crippen molar-refractivity contribution in [2.24, 2.45) is 0 Å². The first-order chi connectivity index (χ1) is 23.3. The number of alkyl halides is 4. The van der Waals surface area contributed by atoms with E-state index in [0.29, 0.717) is 31.1 Å². The largest absolute Gasteiger partial charge is 0.505 e. The van der Waals surface area contributed by atoms with Gasteiger partial charge in [-0.05, 0) is 49.6 Å². The fraction of sp³-hybridized carbons (Fsp3) is 0.419. The van der Waals surface area contributed by atoms with Crippen molar-refractivity contribution < 1.29 is 32.3 Å². The van der Waals surface area contributed by atoms with Crippen LogP contribution < -0.4 is 20.7 Å². The van der Waals surface area contributed by atoms with Crippen LogP contribution in [-0.2, 0) is 23.9 Å². The Bertz CT molecular complexity index is 1960. The number of benzene rings is 1. The second-order valence-electron chi connectivity index (χ2n) is 11.7. The summed E-state index contributed by atoms with van der Waals surface area (Å²) in [5.41, 5.74) is -0.978. The predicted molar refractivity (Wildman–Crippen MR) is 172 cm³/mol. The first-order valence-electron chi connectivity index (χ1n) is 15.6. The number of fused-ring (bicyclic) bond motifs is 1. The Morgan fingerprint density at radius 2 is 1.86 bits per heavy atom. The van der Waals surface area contributed by atoms with Crippen molar-refractivity contribution in [3.8, 4) is 5.75 Å². The van der Waals surface area contributed by atoms with Crippen LogP contribution in [0.2, 0.25) is 5.02 Å². The molecule has 1 atom stereocenters. The van der Waals surface area contributed by atoms with E-state index in [1.807, 2.05) is 0 Å². The third-order valence-electron chi connectivity index (χ3n) is 8.54. The first-order valence-corrected chi connectivity index (χ1v) is 16.0. The number of pyridine rings is 1. The molecule has 0 unspecified atom stereocenters. The fourth-order valence-corrected chi connectivity index (χ4v) is 6.36. The zero-order chi connectivity index (χ0) is 35.0. The number of nitrogens with zero attached hydrogens (tertiary/aromatic N) is 8. The summed E-state index contributed by atoms with van der Waals surface area (Å²) in [5.74, 6) is -1.24. The summed E-state index contributed by atoms with van der Waals surface area (Å²) in [6.45, 7) is 2.69. The van der Waals surface area contributed by atoms with Crippen LogP contribution in [0.5, 0.6) is 5.75 Å². The minimum Gasteiger partial charge on any atom is -0.505 e. The molecule has 1 aromatic carbocycles. The number of amides is 2. The molecular formula is C31H32ClF4N9O4. The third-order valence-corrected chi connectivity index (χ3v) is 8.85. The van der Waals surface area contributed by atoms with Gasteiger partial charge in [0.25, 0.3) is 11.5 Å². The van der Waals surface area contributed by atoms with Gasteiger partial charge in [0.2, 0.25) is 17.6 Å². The molecule has 5 heterocycles. The molecule has 2 N–H and O–H groups in total. The zero-order valence-corrected chi connectivity index (χ0v) is 27.0. The van der Waals surface area contributed by atoms with E-state index in [9.17, 15) is 37.1 Å². The van der Waals surface area contributed by atoms with Crippen molar-refractivity contribution in [1.29, 1.82) is 0 Å². The molecule has 0 saturated carbocycles. The van der Waals surface area contributed by atoms with Gasteiger partial charge in [0.15, 0.2) is 5.69 Å². The van der Waals surface area contributed by atoms with Crippen molar-refractivity contribution in [2.75, 3.05) is 54.4 Å². The van der Waals surface area contributed by atoms with Crippen molar-refractivity contribution >= 4 is 46.5 Å². The molecule has 0 spiro atoms. The smallest absolute Gasteiger partial charge is 0.416 e. The highest BCUT2D eigenvalue weighted by Gasteiger charge is 2.33. The lowest BCUT2D eigenvalue weighted by molar-refractivity contribution is -0.137. The number of nitrogens with one attached hydrogen (secondary N) is 1. The summed E-state index contributed by atoms with van der Waals surface area (Å²) in [6.07, 6.45) is -3.12. The topological polar surface area (TPSA) is 141 Å². The van der Waals surface area contributed by atoms with Crippen LogP contribution in [0, 0.1) is 0 Å². The van der Waals surface area contributed by atoms with Gasteiger partial charge in [-0.2, -0.15) is 22.7 Å². The molecule has 18 heteroatoms. The van der Waals surface area contributed by atoms with Crippen LogP contribution >= 0.6 is 11.6 Å². The predicted octanol–water partition coefficient (Wildman–Crippen LogP) is 3.77. The third kappa shape index (κ3) is 6.84. The molecule has 0 radical (unpaired) electrons. The highest BCUT2D eigenvalue weighted by Crippen LogP contribution is 2.34. The highest BCUT2D eigenvalue weighted by molar-refractivity contribution is 6.33. The molecular weight excluding hydrogens is 674 g/mol. The summed E-state index contributed by atoms with van der Waals surface area (Å²) in [6, 6.07) is 5.45. The quantitative estimate of drug-likeness (QED) is 0.275. The zero-order valence-electron chi connectivity index (χ0n) is 26.3. The average molecular weight is 706 g/mol. The maximum Gasteiger partial charge on any atom is 0.416 e. The van der Waals surface area contributed by atoms with E-state index in [1.54, 1.807) is 16.7 Å². The van der Waals surface area contributed by atoms with Crippen LogP contribution in [0.4, 0.5) is 34.9 Å². The number of hydrogen-bond donors (Lipinski definition) is 2. The SMILES string of the molecule is CCc1c(N2CCN(C(=O)c3ncccc3O)CC2)c(=O)n2nc(N3CCC[C@@H](F)C3)nc2n1CC(=O)Nc1ccc(C(F)(F)F)cc1Cl. The van der Waals surface area contributed by atoms with Gasteiger partial charge >= 0.3 is 6.18 Å². The van der Waals surface area contributed by atoms with E-state index >= 15 is 0 Å². The van der Waals surface area contributed by atoms with Gasteiger partial charge in [0.05, 0.1) is 28.5 Å². The Labute approximate surface area is 281 Å². The maximum atomic E-state index is 14.3. The Balaban J connectivity index is 1.35. The number of hydrogen-bond acceptors (Lipinski definition) is 9. The lowest BCUT2D eigenvalue weighted by Gasteiger charge is -2.36. The van der Waals surface area contributed by atoms with Gasteiger partial charge in [0, 0.05) is 38.9 Å². The Kier molecular flexibility index (Phi) is 9.37. The second-order valence-corrected chi connectivity index (χ2v) is 12.1. The van der Waals surface area contributed by atoms with Crippen LogP contribution in [0.25, 0.3) is 5.78 Å². The molecule has 49 heavy (non-hydrogen) atoms. The van der Waals surface area contributed by atoms with Crippen molar-refractivity contribution in [3.05, 3.63) is 68.9 Å². The molecule has 6 rings (SSSR count). The van der Waals surface area contributed by atoms with Gasteiger partial charge in [0.1, 0.15) is 24.2 Å². The lowest BCUT2D eigenvalue weighted by atomic mass is 10.1. The highest BCUT2D eigenvalue weighted by atomic mass is 35.5. The Morgan fingerprint density at radius 1 is 1.10 bits per heavy atom. The van der Waals surface area contributed by atoms with Gasteiger partial charge in [-0.3, -0.25) is 14.4 Å². The maximum absolute atomic E-state index is 14.3. The van der Waals surface area contributed by atoms with Crippen molar-refractivity contribution in [2.45, 2.75) is 45.1 Å². The Morgan fingerprint density at radius 3 is 2.51 bits per heavy atom. The van der Waals surface area contributed by atoms with Gasteiger partial charge in [-0.25, -0.2) is 9.37 Å². The molecule has 2 amide bonds. The molecule has 2 aliphatic heterocycles. The number of aromatic nitrogens is 5. The second kappa shape index (κ2) is 13.5. The van der Waals surface area contributed by atoms with Crippen molar-refractivity contribution in [1.82, 2.24) is 29.0 Å². The standard InChI is InChI=1S/C31H32ClF4N9O4/c1-2-22-26(41-11-13-42(14-12-41)27(48)25-23(46)6-3-9-37-25)28(49)45-30(39-29(40-45)43-10-4-5-19(33)16-43)44(22)17-24(47)38-21-8-7-18(15-20(21)32)31(34,35)36/h3,6-9,15,19,46H,2,4-5,10-14,16-17H2,1H3,(H,38,47)/t19-/m1/s1. The number of carbonyl (C=O) groups is 2. The molecule has 2 fully saturated rings. The lowest BCUT2D eigenvalue weighted by Crippen LogP contribution is -2.51. The van der Waals surface area contributed by atoms with Crippen LogP contribution in [0.3, 0.4) is 0 Å². The van der Waals surface area contributed by atoms with Crippen LogP contribution in [-0.4, -0.2) is 91.4 Å². The molecule has 13 nitrogen and oxygen atoms in total. The number of rotatable bonds is 7. The molecule has 0 aliphatic carbocycles. The van der Waals surface area contributed by atoms with E-state index in [1.165, 1.54) is 27.8 Å². The minimum atomic E-state index is -4.62. The van der Waals surface area contributed by atoms with Gasteiger partial charge < -0.3 is 29.7 Å². The number of piperidine rings is 1. The summed E-state index contributed by atoms with van der Waals surface area (Å²) < 4.78 is 56.4. The number of anilines is 3. The van der Waals surface area contributed by atoms with E-state index in [-0.39, 0.29) is 78.7 Å². The molecule has 3 aromatic heterocycles.